The number of benzene rings is 1. The first-order chi connectivity index (χ1) is 7.93. The monoisotopic (exact) mass is 281 g/mol. The van der Waals surface area contributed by atoms with Crippen molar-refractivity contribution in [3.63, 3.8) is 0 Å². The fourth-order valence-corrected chi connectivity index (χ4v) is 2.08. The number of hydrogen-bond donors (Lipinski definition) is 1. The molecule has 1 aliphatic rings. The number of likely N-dealkylation sites (N-methyl/N-ethyl adjacent to an activating group) is 1. The highest BCUT2D eigenvalue weighted by Crippen LogP contribution is 2.37. The maximum atomic E-state index is 12.6. The van der Waals surface area contributed by atoms with Crippen LogP contribution in [-0.2, 0) is 10.9 Å². The maximum Gasteiger partial charge on any atom is 0.416 e. The van der Waals surface area contributed by atoms with Gasteiger partial charge in [0, 0.05) is 0 Å². The summed E-state index contributed by atoms with van der Waals surface area (Å²) in [5, 5.41) is 3.03. The highest BCUT2D eigenvalue weighted by molar-refractivity contribution is 5.85. The smallest absolute Gasteiger partial charge is 0.372 e. The molecule has 0 aliphatic carbocycles. The van der Waals surface area contributed by atoms with E-state index < -0.39 is 11.7 Å². The lowest BCUT2D eigenvalue weighted by Gasteiger charge is -2.30. The molecule has 1 aromatic rings. The van der Waals surface area contributed by atoms with Crippen LogP contribution >= 0.6 is 12.4 Å². The van der Waals surface area contributed by atoms with E-state index in [9.17, 15) is 13.2 Å². The van der Waals surface area contributed by atoms with Gasteiger partial charge in [-0.3, -0.25) is 0 Å². The normalized spacial score (nSPS) is 23.2. The van der Waals surface area contributed by atoms with E-state index in [0.717, 1.165) is 11.6 Å². The van der Waals surface area contributed by atoms with Crippen LogP contribution in [-0.4, -0.2) is 13.7 Å². The summed E-state index contributed by atoms with van der Waals surface area (Å²) in [6.07, 6.45) is -4.60. The maximum absolute atomic E-state index is 12.6. The summed E-state index contributed by atoms with van der Waals surface area (Å²) in [7, 11) is 1.77. The molecule has 1 aromatic carbocycles. The summed E-state index contributed by atoms with van der Waals surface area (Å²) in [6.45, 7) is 2.25. The lowest BCUT2D eigenvalue weighted by molar-refractivity contribution is -0.137. The zero-order valence-electron chi connectivity index (χ0n) is 10.0. The first-order valence-corrected chi connectivity index (χ1v) is 5.43. The molecule has 0 radical (unpaired) electrons. The van der Waals surface area contributed by atoms with Crippen LogP contribution in [0.15, 0.2) is 18.2 Å². The number of halogens is 4. The Hall–Kier alpha value is -0.780. The van der Waals surface area contributed by atoms with Gasteiger partial charge in [-0.2, -0.15) is 13.2 Å². The standard InChI is InChI=1S/C12H14F3NO.ClH/c1-7-10-5-8(12(13,14)15)3-4-9(10)11(16-2)6-17-7;/h3-5,7,11,16H,6H2,1-2H3;1H/t7?,11-;/m1./s1. The van der Waals surface area contributed by atoms with E-state index in [1.807, 2.05) is 0 Å². The molecular formula is C12H15ClF3NO. The third-order valence-electron chi connectivity index (χ3n) is 3.09. The van der Waals surface area contributed by atoms with E-state index >= 15 is 0 Å². The summed E-state index contributed by atoms with van der Waals surface area (Å²) in [6, 6.07) is 3.81. The van der Waals surface area contributed by atoms with Crippen molar-refractivity contribution in [1.82, 2.24) is 5.32 Å². The Balaban J connectivity index is 0.00000162. The number of hydrogen-bond acceptors (Lipinski definition) is 2. The molecular weight excluding hydrogens is 267 g/mol. The van der Waals surface area contributed by atoms with Crippen molar-refractivity contribution in [1.29, 1.82) is 0 Å². The Morgan fingerprint density at radius 3 is 2.50 bits per heavy atom. The van der Waals surface area contributed by atoms with Gasteiger partial charge in [0.1, 0.15) is 0 Å². The first kappa shape index (κ1) is 15.3. The van der Waals surface area contributed by atoms with Crippen molar-refractivity contribution in [3.05, 3.63) is 34.9 Å². The predicted octanol–water partition coefficient (Wildman–Crippen LogP) is 3.48. The molecule has 1 heterocycles. The van der Waals surface area contributed by atoms with Gasteiger partial charge in [0.05, 0.1) is 24.3 Å². The molecule has 102 valence electrons. The van der Waals surface area contributed by atoms with Crippen LogP contribution in [0.3, 0.4) is 0 Å². The predicted molar refractivity (Wildman–Crippen MR) is 64.9 cm³/mol. The highest BCUT2D eigenvalue weighted by Gasteiger charge is 2.33. The van der Waals surface area contributed by atoms with Gasteiger partial charge in [0.15, 0.2) is 0 Å². The van der Waals surface area contributed by atoms with Gasteiger partial charge in [-0.1, -0.05) is 6.07 Å². The lowest BCUT2D eigenvalue weighted by atomic mass is 9.93. The second-order valence-electron chi connectivity index (χ2n) is 4.16. The van der Waals surface area contributed by atoms with E-state index in [0.29, 0.717) is 12.2 Å². The molecule has 2 atom stereocenters. The molecule has 0 fully saturated rings. The molecule has 6 heteroatoms. The van der Waals surface area contributed by atoms with E-state index in [1.54, 1.807) is 20.0 Å². The van der Waals surface area contributed by atoms with Gasteiger partial charge in [0.2, 0.25) is 0 Å². The van der Waals surface area contributed by atoms with Crippen molar-refractivity contribution in [2.45, 2.75) is 25.2 Å². The Bertz CT molecular complexity index is 422. The first-order valence-electron chi connectivity index (χ1n) is 5.43. The van der Waals surface area contributed by atoms with Gasteiger partial charge in [-0.15, -0.1) is 12.4 Å². The van der Waals surface area contributed by atoms with Crippen LogP contribution in [0.4, 0.5) is 13.2 Å². The molecule has 0 bridgehead atoms. The van der Waals surface area contributed by atoms with E-state index in [2.05, 4.69) is 5.32 Å². The molecule has 2 rings (SSSR count). The quantitative estimate of drug-likeness (QED) is 0.851. The van der Waals surface area contributed by atoms with Gasteiger partial charge in [-0.05, 0) is 37.2 Å². The van der Waals surface area contributed by atoms with Gasteiger partial charge in [0.25, 0.3) is 0 Å². The third-order valence-corrected chi connectivity index (χ3v) is 3.09. The van der Waals surface area contributed by atoms with Crippen LogP contribution in [0.1, 0.15) is 35.8 Å². The molecule has 1 N–H and O–H groups in total. The summed E-state index contributed by atoms with van der Waals surface area (Å²) < 4.78 is 43.3. The van der Waals surface area contributed by atoms with Crippen molar-refractivity contribution >= 4 is 12.4 Å². The minimum Gasteiger partial charge on any atom is -0.372 e. The molecule has 18 heavy (non-hydrogen) atoms. The average molecular weight is 282 g/mol. The van der Waals surface area contributed by atoms with Gasteiger partial charge in [-0.25, -0.2) is 0 Å². The highest BCUT2D eigenvalue weighted by atomic mass is 35.5. The second kappa shape index (κ2) is 5.47. The number of rotatable bonds is 1. The molecule has 1 unspecified atom stereocenters. The molecule has 0 saturated carbocycles. The molecule has 0 spiro atoms. The largest absolute Gasteiger partial charge is 0.416 e. The van der Waals surface area contributed by atoms with Crippen molar-refractivity contribution in [2.75, 3.05) is 13.7 Å². The van der Waals surface area contributed by atoms with E-state index in [1.165, 1.54) is 6.07 Å². The van der Waals surface area contributed by atoms with Crippen LogP contribution in [0.5, 0.6) is 0 Å². The third kappa shape index (κ3) is 2.79. The lowest BCUT2D eigenvalue weighted by Crippen LogP contribution is -2.28. The Morgan fingerprint density at radius 2 is 1.94 bits per heavy atom. The van der Waals surface area contributed by atoms with Gasteiger partial charge < -0.3 is 10.1 Å². The van der Waals surface area contributed by atoms with Crippen LogP contribution in [0, 0.1) is 0 Å². The van der Waals surface area contributed by atoms with Crippen LogP contribution < -0.4 is 5.32 Å². The SMILES string of the molecule is CN[C@@H]1COC(C)c2cc(C(F)(F)F)ccc21.Cl. The second-order valence-corrected chi connectivity index (χ2v) is 4.16. The topological polar surface area (TPSA) is 21.3 Å². The zero-order chi connectivity index (χ0) is 12.6. The Morgan fingerprint density at radius 1 is 1.28 bits per heavy atom. The molecule has 0 aromatic heterocycles. The number of fused-ring (bicyclic) bond motifs is 1. The van der Waals surface area contributed by atoms with Gasteiger partial charge >= 0.3 is 6.18 Å². The number of nitrogens with one attached hydrogen (secondary N) is 1. The van der Waals surface area contributed by atoms with Crippen molar-refractivity contribution in [2.24, 2.45) is 0 Å². The average Bonchev–Trinajstić information content (AvgIpc) is 2.28. The fraction of sp³-hybridized carbons (Fsp3) is 0.500. The molecule has 1 aliphatic heterocycles. The van der Waals surface area contributed by atoms with Crippen molar-refractivity contribution in [3.8, 4) is 0 Å². The van der Waals surface area contributed by atoms with Crippen LogP contribution in [0.25, 0.3) is 0 Å². The summed E-state index contributed by atoms with van der Waals surface area (Å²) in [4.78, 5) is 0. The van der Waals surface area contributed by atoms with Crippen molar-refractivity contribution < 1.29 is 17.9 Å². The Labute approximate surface area is 110 Å². The molecule has 0 amide bonds. The summed E-state index contributed by atoms with van der Waals surface area (Å²) in [5.74, 6) is 0. The zero-order valence-corrected chi connectivity index (χ0v) is 10.9. The number of ether oxygens (including phenoxy) is 1. The fourth-order valence-electron chi connectivity index (χ4n) is 2.08. The van der Waals surface area contributed by atoms with E-state index in [4.69, 9.17) is 4.74 Å². The van der Waals surface area contributed by atoms with Crippen LogP contribution in [0.2, 0.25) is 0 Å². The molecule has 0 saturated heterocycles. The van der Waals surface area contributed by atoms with E-state index in [-0.39, 0.29) is 24.6 Å². The minimum atomic E-state index is -4.30. The minimum absolute atomic E-state index is 0. The summed E-state index contributed by atoms with van der Waals surface area (Å²) >= 11 is 0. The Kier molecular flexibility index (Phi) is 4.64. The number of alkyl halides is 3. The molecule has 2 nitrogen and oxygen atoms in total. The summed E-state index contributed by atoms with van der Waals surface area (Å²) in [5.41, 5.74) is 0.883.